The normalized spacial score (nSPS) is 24.2. The van der Waals surface area contributed by atoms with E-state index < -0.39 is 24.0 Å². The van der Waals surface area contributed by atoms with Crippen molar-refractivity contribution in [3.63, 3.8) is 0 Å². The van der Waals surface area contributed by atoms with Crippen molar-refractivity contribution in [1.29, 1.82) is 0 Å². The van der Waals surface area contributed by atoms with Crippen LogP contribution in [-0.2, 0) is 14.3 Å². The number of likely N-dealkylation sites (N-methyl/N-ethyl adjacent to an activating group) is 1. The molecule has 0 radical (unpaired) electrons. The van der Waals surface area contributed by atoms with Crippen LogP contribution in [0.25, 0.3) is 11.3 Å². The molecule has 0 spiro atoms. The van der Waals surface area contributed by atoms with Gasteiger partial charge in [-0.1, -0.05) is 25.8 Å². The molecule has 206 valence electrons. The molecule has 0 unspecified atom stereocenters. The number of hydrogen-bond donors (Lipinski definition) is 1. The minimum absolute atomic E-state index is 0.0480. The van der Waals surface area contributed by atoms with Gasteiger partial charge in [0.2, 0.25) is 11.8 Å². The maximum absolute atomic E-state index is 14.2. The van der Waals surface area contributed by atoms with Gasteiger partial charge in [0, 0.05) is 49.2 Å². The number of fused-ring (bicyclic) bond motifs is 1. The third kappa shape index (κ3) is 5.31. The number of terminal acetylenes is 1. The van der Waals surface area contributed by atoms with E-state index in [1.54, 1.807) is 22.3 Å². The molecule has 0 bridgehead atoms. The van der Waals surface area contributed by atoms with Crippen molar-refractivity contribution >= 4 is 34.1 Å². The fourth-order valence-corrected chi connectivity index (χ4v) is 6.72. The first-order valence-corrected chi connectivity index (χ1v) is 14.3. The molecule has 39 heavy (non-hydrogen) atoms. The number of piperazine rings is 1. The largest absolute Gasteiger partial charge is 0.366 e. The number of Topliss-reactive ketones (excluding diaryl/α,β-unsaturated/α-hetero) is 1. The van der Waals surface area contributed by atoms with Gasteiger partial charge in [-0.3, -0.25) is 14.4 Å². The van der Waals surface area contributed by atoms with E-state index in [9.17, 15) is 14.4 Å². The highest BCUT2D eigenvalue weighted by Crippen LogP contribution is 2.38. The zero-order valence-electron chi connectivity index (χ0n) is 22.6. The van der Waals surface area contributed by atoms with Crippen molar-refractivity contribution in [1.82, 2.24) is 14.8 Å². The Morgan fingerprint density at radius 3 is 2.67 bits per heavy atom. The van der Waals surface area contributed by atoms with Crippen molar-refractivity contribution in [3.05, 3.63) is 34.7 Å². The highest BCUT2D eigenvalue weighted by molar-refractivity contribution is 7.14. The number of carbonyl (C=O) groups is 3. The van der Waals surface area contributed by atoms with Crippen LogP contribution in [0.3, 0.4) is 0 Å². The number of aromatic nitrogens is 1. The van der Waals surface area contributed by atoms with Crippen LogP contribution >= 0.6 is 11.3 Å². The predicted octanol–water partition coefficient (Wildman–Crippen LogP) is 2.22. The zero-order valence-corrected chi connectivity index (χ0v) is 23.4. The Bertz CT molecular complexity index is 1310. The van der Waals surface area contributed by atoms with Crippen molar-refractivity contribution in [2.45, 2.75) is 38.3 Å². The van der Waals surface area contributed by atoms with Gasteiger partial charge in [0.15, 0.2) is 10.9 Å². The number of ketones is 1. The second-order valence-corrected chi connectivity index (χ2v) is 11.9. The number of thiazole rings is 1. The Morgan fingerprint density at radius 2 is 2.00 bits per heavy atom. The predicted molar refractivity (Wildman–Crippen MR) is 151 cm³/mol. The number of ether oxygens (including phenoxy) is 1. The van der Waals surface area contributed by atoms with Crippen LogP contribution in [0.15, 0.2) is 23.6 Å². The molecule has 4 heterocycles. The summed E-state index contributed by atoms with van der Waals surface area (Å²) in [6.07, 6.45) is 5.72. The average molecular weight is 550 g/mol. The molecule has 3 fully saturated rings. The van der Waals surface area contributed by atoms with Crippen molar-refractivity contribution < 1.29 is 19.1 Å². The lowest BCUT2D eigenvalue weighted by atomic mass is 9.84. The first-order valence-electron chi connectivity index (χ1n) is 13.4. The van der Waals surface area contributed by atoms with E-state index in [4.69, 9.17) is 21.9 Å². The van der Waals surface area contributed by atoms with Crippen LogP contribution in [0.4, 0.5) is 5.13 Å². The molecule has 2 amide bonds. The molecular formula is C29H35N5O4S. The lowest BCUT2D eigenvalue weighted by Gasteiger charge is -2.32. The number of likely N-dealkylation sites (tertiary alicyclic amines) is 1. The smallest absolute Gasteiger partial charge is 0.249 e. The standard InChI is InChI=1S/C29H35N5O4S/c1-5-18-14-34(25-24(35)15-38-26(18)25)28(37)22(12-17(2)3)21-13-19(6-7-20(21)27(30)36)23-16-39-29(31-23)33-10-8-32(4)9-11-33/h1,6-7,13,16-18,22,25-26H,8-12,14-15H2,2-4H3,(H2,30,36)/t18-,22+,25-,26-/m1/s1. The number of carbonyl (C=O) groups excluding carboxylic acids is 3. The van der Waals surface area contributed by atoms with Gasteiger partial charge in [0.05, 0.1) is 17.5 Å². The van der Waals surface area contributed by atoms with Gasteiger partial charge in [0.25, 0.3) is 0 Å². The highest BCUT2D eigenvalue weighted by Gasteiger charge is 2.52. The van der Waals surface area contributed by atoms with Crippen molar-refractivity contribution in [3.8, 4) is 23.6 Å². The third-order valence-electron chi connectivity index (χ3n) is 7.94. The van der Waals surface area contributed by atoms with E-state index in [1.807, 2.05) is 31.4 Å². The summed E-state index contributed by atoms with van der Waals surface area (Å²) in [4.78, 5) is 50.5. The topological polar surface area (TPSA) is 109 Å². The molecule has 1 aromatic carbocycles. The number of anilines is 1. The number of benzene rings is 1. The Balaban J connectivity index is 1.50. The molecule has 2 aromatic rings. The zero-order chi connectivity index (χ0) is 27.8. The summed E-state index contributed by atoms with van der Waals surface area (Å²) in [5.74, 6) is 0.838. The number of primary amides is 1. The third-order valence-corrected chi connectivity index (χ3v) is 8.84. The molecule has 0 saturated carbocycles. The highest BCUT2D eigenvalue weighted by atomic mass is 32.1. The van der Waals surface area contributed by atoms with E-state index in [-0.39, 0.29) is 36.7 Å². The van der Waals surface area contributed by atoms with Crippen LogP contribution in [0.5, 0.6) is 0 Å². The lowest BCUT2D eigenvalue weighted by molar-refractivity contribution is -0.138. The van der Waals surface area contributed by atoms with Gasteiger partial charge in [-0.15, -0.1) is 17.8 Å². The fourth-order valence-electron chi connectivity index (χ4n) is 5.84. The first kappa shape index (κ1) is 27.3. The number of rotatable bonds is 7. The SMILES string of the molecule is C#C[C@@H]1CN(C(=O)[C@@H](CC(C)C)c2cc(-c3csc(N4CCN(C)CC4)n3)ccc2C(N)=O)[C@@H]2C(=O)CO[C@H]12. The summed E-state index contributed by atoms with van der Waals surface area (Å²) in [6.45, 7) is 8.05. The Kier molecular flexibility index (Phi) is 7.76. The summed E-state index contributed by atoms with van der Waals surface area (Å²) in [5, 5.41) is 2.96. The van der Waals surface area contributed by atoms with E-state index in [0.717, 1.165) is 42.6 Å². The van der Waals surface area contributed by atoms with Crippen LogP contribution in [0.2, 0.25) is 0 Å². The van der Waals surface area contributed by atoms with E-state index in [2.05, 4.69) is 22.8 Å². The van der Waals surface area contributed by atoms with Gasteiger partial charge < -0.3 is 25.2 Å². The molecule has 1 aromatic heterocycles. The molecule has 3 aliphatic heterocycles. The summed E-state index contributed by atoms with van der Waals surface area (Å²) in [7, 11) is 2.12. The van der Waals surface area contributed by atoms with Crippen molar-refractivity contribution in [2.75, 3.05) is 51.3 Å². The summed E-state index contributed by atoms with van der Waals surface area (Å²) >= 11 is 1.59. The summed E-state index contributed by atoms with van der Waals surface area (Å²) in [5.41, 5.74) is 8.25. The molecule has 0 aliphatic carbocycles. The molecular weight excluding hydrogens is 514 g/mol. The van der Waals surface area contributed by atoms with E-state index in [0.29, 0.717) is 17.5 Å². The number of nitrogens with two attached hydrogens (primary N) is 1. The number of amides is 2. The van der Waals surface area contributed by atoms with Gasteiger partial charge in [-0.2, -0.15) is 0 Å². The average Bonchev–Trinajstić information content (AvgIpc) is 3.64. The quantitative estimate of drug-likeness (QED) is 0.528. The minimum Gasteiger partial charge on any atom is -0.366 e. The minimum atomic E-state index is -0.696. The maximum atomic E-state index is 14.2. The second-order valence-electron chi connectivity index (χ2n) is 11.1. The molecule has 5 rings (SSSR count). The van der Waals surface area contributed by atoms with Crippen molar-refractivity contribution in [2.24, 2.45) is 17.6 Å². The number of nitrogens with zero attached hydrogens (tertiary/aromatic N) is 4. The first-order chi connectivity index (χ1) is 18.7. The van der Waals surface area contributed by atoms with Crippen LogP contribution in [-0.4, -0.2) is 90.9 Å². The van der Waals surface area contributed by atoms with Gasteiger partial charge in [0.1, 0.15) is 18.8 Å². The maximum Gasteiger partial charge on any atom is 0.249 e. The van der Waals surface area contributed by atoms with Gasteiger partial charge in [-0.25, -0.2) is 4.98 Å². The van der Waals surface area contributed by atoms with Gasteiger partial charge >= 0.3 is 0 Å². The van der Waals surface area contributed by atoms with Gasteiger partial charge in [-0.05, 0) is 37.1 Å². The molecule has 4 atom stereocenters. The molecule has 10 heteroatoms. The van der Waals surface area contributed by atoms with Crippen LogP contribution < -0.4 is 10.6 Å². The Morgan fingerprint density at radius 1 is 1.26 bits per heavy atom. The lowest BCUT2D eigenvalue weighted by Crippen LogP contribution is -2.44. The number of hydrogen-bond acceptors (Lipinski definition) is 8. The molecule has 9 nitrogen and oxygen atoms in total. The van der Waals surface area contributed by atoms with Crippen LogP contribution in [0, 0.1) is 24.2 Å². The fraction of sp³-hybridized carbons (Fsp3) is 0.517. The molecule has 3 aliphatic rings. The Labute approximate surface area is 233 Å². The summed E-state index contributed by atoms with van der Waals surface area (Å²) in [6, 6.07) is 4.69. The molecule has 2 N–H and O–H groups in total. The Hall–Kier alpha value is -3.26. The second kappa shape index (κ2) is 11.1. The molecule has 3 saturated heterocycles. The van der Waals surface area contributed by atoms with E-state index >= 15 is 0 Å². The van der Waals surface area contributed by atoms with Crippen LogP contribution in [0.1, 0.15) is 42.1 Å². The van der Waals surface area contributed by atoms with E-state index in [1.165, 1.54) is 0 Å². The monoisotopic (exact) mass is 549 g/mol. The summed E-state index contributed by atoms with van der Waals surface area (Å²) < 4.78 is 5.66.